The van der Waals surface area contributed by atoms with Gasteiger partial charge in [-0.15, -0.1) is 0 Å². The zero-order chi connectivity index (χ0) is 14.4. The molecule has 4 nitrogen and oxygen atoms in total. The normalized spacial score (nSPS) is 29.0. The van der Waals surface area contributed by atoms with Crippen LogP contribution in [-0.4, -0.2) is 43.0 Å². The van der Waals surface area contributed by atoms with Gasteiger partial charge in [-0.25, -0.2) is 4.98 Å². The van der Waals surface area contributed by atoms with Gasteiger partial charge in [0.25, 0.3) is 0 Å². The molecule has 0 aliphatic carbocycles. The van der Waals surface area contributed by atoms with E-state index in [9.17, 15) is 5.11 Å². The van der Waals surface area contributed by atoms with Gasteiger partial charge in [-0.3, -0.25) is 0 Å². The van der Waals surface area contributed by atoms with Gasteiger partial charge in [-0.05, 0) is 24.6 Å². The van der Waals surface area contributed by atoms with E-state index in [1.807, 2.05) is 18.2 Å². The van der Waals surface area contributed by atoms with Crippen molar-refractivity contribution in [2.45, 2.75) is 6.42 Å². The number of aliphatic hydroxyl groups excluding tert-OH is 1. The Balaban J connectivity index is 1.66. The minimum absolute atomic E-state index is 0.0201. The molecule has 0 saturated carbocycles. The maximum Gasteiger partial charge on any atom is 0.186 e. The highest BCUT2D eigenvalue weighted by Crippen LogP contribution is 2.44. The van der Waals surface area contributed by atoms with Crippen molar-refractivity contribution < 1.29 is 9.84 Å². The third kappa shape index (κ3) is 2.23. The summed E-state index contributed by atoms with van der Waals surface area (Å²) in [6.07, 6.45) is 0.932. The number of hydrogen-bond acceptors (Lipinski definition) is 5. The van der Waals surface area contributed by atoms with Crippen molar-refractivity contribution in [2.75, 3.05) is 37.8 Å². The molecule has 1 aromatic carbocycles. The molecule has 0 bridgehead atoms. The van der Waals surface area contributed by atoms with Crippen molar-refractivity contribution >= 4 is 38.3 Å². The van der Waals surface area contributed by atoms with Gasteiger partial charge in [0.15, 0.2) is 5.13 Å². The summed E-state index contributed by atoms with van der Waals surface area (Å²) in [6.45, 7) is 3.50. The van der Waals surface area contributed by atoms with Crippen molar-refractivity contribution in [1.82, 2.24) is 4.98 Å². The lowest BCUT2D eigenvalue weighted by Gasteiger charge is -2.36. The Morgan fingerprint density at radius 2 is 2.43 bits per heavy atom. The summed E-state index contributed by atoms with van der Waals surface area (Å²) in [7, 11) is 0. The van der Waals surface area contributed by atoms with E-state index < -0.39 is 0 Å². The second-order valence-corrected chi connectivity index (χ2v) is 7.48. The molecule has 0 spiro atoms. The molecule has 0 unspecified atom stereocenters. The van der Waals surface area contributed by atoms with Crippen LogP contribution in [-0.2, 0) is 4.74 Å². The lowest BCUT2D eigenvalue weighted by atomic mass is 9.75. The first-order valence-electron chi connectivity index (χ1n) is 7.20. The number of benzene rings is 1. The summed E-state index contributed by atoms with van der Waals surface area (Å²) in [5.41, 5.74) is 0.969. The first-order valence-corrected chi connectivity index (χ1v) is 8.39. The molecule has 2 aliphatic heterocycles. The second kappa shape index (κ2) is 5.09. The number of aliphatic hydroxyl groups is 1. The molecule has 1 N–H and O–H groups in total. The molecule has 0 radical (unpaired) electrons. The van der Waals surface area contributed by atoms with Gasteiger partial charge in [0.2, 0.25) is 0 Å². The molecule has 2 saturated heterocycles. The second-order valence-electron chi connectivity index (χ2n) is 6.03. The SMILES string of the molecule is OC[C@]12CCOC[C@H]1CN(c1nc3ccc(Cl)cc3s1)C2. The number of thiazole rings is 1. The summed E-state index contributed by atoms with van der Waals surface area (Å²) in [5, 5.41) is 11.6. The summed E-state index contributed by atoms with van der Waals surface area (Å²) < 4.78 is 6.71. The lowest BCUT2D eigenvalue weighted by molar-refractivity contribution is -0.0410. The first kappa shape index (κ1) is 13.8. The molecular formula is C15H17ClN2O2S. The number of hydrogen-bond donors (Lipinski definition) is 1. The highest BCUT2D eigenvalue weighted by molar-refractivity contribution is 7.22. The van der Waals surface area contributed by atoms with Crippen LogP contribution in [0.1, 0.15) is 6.42 Å². The smallest absolute Gasteiger partial charge is 0.186 e. The van der Waals surface area contributed by atoms with Crippen molar-refractivity contribution in [3.63, 3.8) is 0 Å². The maximum atomic E-state index is 9.88. The quantitative estimate of drug-likeness (QED) is 0.922. The molecular weight excluding hydrogens is 308 g/mol. The number of ether oxygens (including phenoxy) is 1. The fourth-order valence-corrected chi connectivity index (χ4v) is 4.72. The van der Waals surface area contributed by atoms with Crippen LogP contribution in [0.15, 0.2) is 18.2 Å². The van der Waals surface area contributed by atoms with Crippen LogP contribution in [0, 0.1) is 11.3 Å². The Labute approximate surface area is 132 Å². The Morgan fingerprint density at radius 1 is 1.52 bits per heavy atom. The molecule has 1 aromatic heterocycles. The number of fused-ring (bicyclic) bond motifs is 2. The average molecular weight is 325 g/mol. The summed E-state index contributed by atoms with van der Waals surface area (Å²) in [6, 6.07) is 5.80. The van der Waals surface area contributed by atoms with Crippen molar-refractivity contribution in [3.8, 4) is 0 Å². The van der Waals surface area contributed by atoms with E-state index in [0.29, 0.717) is 5.92 Å². The molecule has 0 amide bonds. The highest BCUT2D eigenvalue weighted by atomic mass is 35.5. The van der Waals surface area contributed by atoms with Gasteiger partial charge in [0.1, 0.15) is 0 Å². The van der Waals surface area contributed by atoms with Crippen LogP contribution < -0.4 is 4.90 Å². The topological polar surface area (TPSA) is 45.6 Å². The zero-order valence-electron chi connectivity index (χ0n) is 11.6. The van der Waals surface area contributed by atoms with Crippen molar-refractivity contribution in [1.29, 1.82) is 0 Å². The Hall–Kier alpha value is -0.880. The van der Waals surface area contributed by atoms with E-state index >= 15 is 0 Å². The molecule has 2 aromatic rings. The first-order chi connectivity index (χ1) is 10.2. The standard InChI is InChI=1S/C15H17ClN2O2S/c16-11-1-2-12-13(5-11)21-14(17-12)18-6-10-7-20-4-3-15(10,8-18)9-19/h1-2,5,10,19H,3-4,6-9H2/t10-,15-/m1/s1. The summed E-state index contributed by atoms with van der Waals surface area (Å²) in [5.74, 6) is 0.395. The van der Waals surface area contributed by atoms with Crippen LogP contribution in [0.4, 0.5) is 5.13 Å². The molecule has 112 valence electrons. The Morgan fingerprint density at radius 3 is 3.24 bits per heavy atom. The van der Waals surface area contributed by atoms with Crippen molar-refractivity contribution in [2.24, 2.45) is 11.3 Å². The molecule has 6 heteroatoms. The Bertz CT molecular complexity index is 677. The highest BCUT2D eigenvalue weighted by Gasteiger charge is 2.48. The molecule has 21 heavy (non-hydrogen) atoms. The molecule has 3 heterocycles. The van der Waals surface area contributed by atoms with Crippen LogP contribution >= 0.6 is 22.9 Å². The van der Waals surface area contributed by atoms with Gasteiger partial charge in [-0.1, -0.05) is 22.9 Å². The molecule has 4 rings (SSSR count). The zero-order valence-corrected chi connectivity index (χ0v) is 13.2. The van der Waals surface area contributed by atoms with Crippen LogP contribution in [0.2, 0.25) is 5.02 Å². The Kier molecular flexibility index (Phi) is 3.34. The van der Waals surface area contributed by atoms with E-state index in [-0.39, 0.29) is 12.0 Å². The van der Waals surface area contributed by atoms with Gasteiger partial charge >= 0.3 is 0 Å². The summed E-state index contributed by atoms with van der Waals surface area (Å²) in [4.78, 5) is 7.02. The monoisotopic (exact) mass is 324 g/mol. The van der Waals surface area contributed by atoms with Crippen LogP contribution in [0.5, 0.6) is 0 Å². The third-order valence-electron chi connectivity index (χ3n) is 4.80. The number of anilines is 1. The van der Waals surface area contributed by atoms with Gasteiger partial charge in [0, 0.05) is 36.1 Å². The third-order valence-corrected chi connectivity index (χ3v) is 6.11. The fourth-order valence-electron chi connectivity index (χ4n) is 3.47. The average Bonchev–Trinajstić information content (AvgIpc) is 3.07. The molecule has 2 atom stereocenters. The van der Waals surface area contributed by atoms with E-state index in [1.54, 1.807) is 11.3 Å². The minimum atomic E-state index is -0.0201. The number of nitrogens with zero attached hydrogens (tertiary/aromatic N) is 2. The molecule has 2 aliphatic rings. The molecule has 2 fully saturated rings. The van der Waals surface area contributed by atoms with Gasteiger partial charge in [0.05, 0.1) is 23.4 Å². The predicted molar refractivity (Wildman–Crippen MR) is 85.3 cm³/mol. The van der Waals surface area contributed by atoms with Crippen LogP contribution in [0.25, 0.3) is 10.2 Å². The van der Waals surface area contributed by atoms with E-state index in [4.69, 9.17) is 21.3 Å². The van der Waals surface area contributed by atoms with Crippen molar-refractivity contribution in [3.05, 3.63) is 23.2 Å². The maximum absolute atomic E-state index is 9.88. The van der Waals surface area contributed by atoms with Gasteiger partial charge < -0.3 is 14.7 Å². The minimum Gasteiger partial charge on any atom is -0.396 e. The van der Waals surface area contributed by atoms with E-state index in [1.165, 1.54) is 0 Å². The lowest BCUT2D eigenvalue weighted by Crippen LogP contribution is -2.41. The van der Waals surface area contributed by atoms with E-state index in [0.717, 1.165) is 53.1 Å². The summed E-state index contributed by atoms with van der Waals surface area (Å²) >= 11 is 7.72. The number of aromatic nitrogens is 1. The number of rotatable bonds is 2. The predicted octanol–water partition coefficient (Wildman–Crippen LogP) is 2.78. The number of halogens is 1. The fraction of sp³-hybridized carbons (Fsp3) is 0.533. The van der Waals surface area contributed by atoms with Crippen LogP contribution in [0.3, 0.4) is 0 Å². The van der Waals surface area contributed by atoms with E-state index in [2.05, 4.69) is 4.90 Å². The van der Waals surface area contributed by atoms with Gasteiger partial charge in [-0.2, -0.15) is 0 Å². The largest absolute Gasteiger partial charge is 0.396 e.